The first kappa shape index (κ1) is 9.94. The highest BCUT2D eigenvalue weighted by atomic mass is 79.9. The van der Waals surface area contributed by atoms with Crippen LogP contribution < -0.4 is 5.32 Å². The molecule has 0 amide bonds. The minimum atomic E-state index is 0.453. The van der Waals surface area contributed by atoms with Crippen molar-refractivity contribution in [2.45, 2.75) is 18.9 Å². The second-order valence-electron chi connectivity index (χ2n) is 3.62. The first-order valence-corrected chi connectivity index (χ1v) is 5.73. The Bertz CT molecular complexity index is 346. The van der Waals surface area contributed by atoms with E-state index in [2.05, 4.69) is 46.0 Å². The SMILES string of the molecule is C=CCC1NCCc2ccc(Br)cc21. The van der Waals surface area contributed by atoms with E-state index in [1.54, 1.807) is 0 Å². The van der Waals surface area contributed by atoms with Gasteiger partial charge in [0, 0.05) is 10.5 Å². The van der Waals surface area contributed by atoms with Crippen LogP contribution in [0, 0.1) is 0 Å². The zero-order valence-corrected chi connectivity index (χ0v) is 9.68. The van der Waals surface area contributed by atoms with E-state index >= 15 is 0 Å². The van der Waals surface area contributed by atoms with Crippen molar-refractivity contribution in [2.24, 2.45) is 0 Å². The molecular formula is C12H14BrN. The Morgan fingerprint density at radius 3 is 3.21 bits per heavy atom. The first-order chi connectivity index (χ1) is 6.81. The Balaban J connectivity index is 2.36. The van der Waals surface area contributed by atoms with E-state index in [0.29, 0.717) is 6.04 Å². The molecule has 1 unspecified atom stereocenters. The van der Waals surface area contributed by atoms with E-state index < -0.39 is 0 Å². The number of nitrogens with one attached hydrogen (secondary N) is 1. The van der Waals surface area contributed by atoms with Gasteiger partial charge in [0.05, 0.1) is 0 Å². The maximum atomic E-state index is 3.80. The Hall–Kier alpha value is -0.600. The molecule has 0 bridgehead atoms. The summed E-state index contributed by atoms with van der Waals surface area (Å²) in [4.78, 5) is 0. The Labute approximate surface area is 93.3 Å². The third kappa shape index (κ3) is 1.91. The van der Waals surface area contributed by atoms with Crippen LogP contribution in [-0.4, -0.2) is 6.54 Å². The topological polar surface area (TPSA) is 12.0 Å². The van der Waals surface area contributed by atoms with Gasteiger partial charge < -0.3 is 5.32 Å². The molecular weight excluding hydrogens is 238 g/mol. The third-order valence-electron chi connectivity index (χ3n) is 2.67. The van der Waals surface area contributed by atoms with E-state index in [9.17, 15) is 0 Å². The summed E-state index contributed by atoms with van der Waals surface area (Å²) < 4.78 is 1.16. The Morgan fingerprint density at radius 1 is 1.57 bits per heavy atom. The van der Waals surface area contributed by atoms with Gasteiger partial charge >= 0.3 is 0 Å². The van der Waals surface area contributed by atoms with E-state index in [-0.39, 0.29) is 0 Å². The molecule has 2 heteroatoms. The Kier molecular flexibility index (Phi) is 3.04. The van der Waals surface area contributed by atoms with E-state index in [0.717, 1.165) is 23.9 Å². The summed E-state index contributed by atoms with van der Waals surface area (Å²) in [5, 5.41) is 3.51. The lowest BCUT2D eigenvalue weighted by molar-refractivity contribution is 0.509. The average Bonchev–Trinajstić information content (AvgIpc) is 2.19. The van der Waals surface area contributed by atoms with Gasteiger partial charge in [-0.05, 0) is 42.6 Å². The van der Waals surface area contributed by atoms with Crippen LogP contribution in [0.3, 0.4) is 0 Å². The molecule has 1 aromatic rings. The number of halogens is 1. The normalized spacial score (nSPS) is 20.2. The van der Waals surface area contributed by atoms with Crippen LogP contribution in [0.1, 0.15) is 23.6 Å². The van der Waals surface area contributed by atoms with Crippen LogP contribution in [0.15, 0.2) is 35.3 Å². The van der Waals surface area contributed by atoms with Gasteiger partial charge in [-0.25, -0.2) is 0 Å². The summed E-state index contributed by atoms with van der Waals surface area (Å²) in [5.74, 6) is 0. The average molecular weight is 252 g/mol. The van der Waals surface area contributed by atoms with Crippen LogP contribution in [-0.2, 0) is 6.42 Å². The number of hydrogen-bond acceptors (Lipinski definition) is 1. The van der Waals surface area contributed by atoms with Gasteiger partial charge in [-0.15, -0.1) is 6.58 Å². The molecule has 1 heterocycles. The summed E-state index contributed by atoms with van der Waals surface area (Å²) in [5.41, 5.74) is 2.89. The molecule has 0 aliphatic carbocycles. The molecule has 0 radical (unpaired) electrons. The van der Waals surface area contributed by atoms with Crippen LogP contribution in [0.2, 0.25) is 0 Å². The molecule has 1 nitrogen and oxygen atoms in total. The van der Waals surface area contributed by atoms with Crippen molar-refractivity contribution in [1.82, 2.24) is 5.32 Å². The highest BCUT2D eigenvalue weighted by Gasteiger charge is 2.17. The maximum absolute atomic E-state index is 3.80. The van der Waals surface area contributed by atoms with Gasteiger partial charge in [0.25, 0.3) is 0 Å². The lowest BCUT2D eigenvalue weighted by Crippen LogP contribution is -2.29. The molecule has 0 fully saturated rings. The van der Waals surface area contributed by atoms with Gasteiger partial charge in [0.2, 0.25) is 0 Å². The molecule has 14 heavy (non-hydrogen) atoms. The monoisotopic (exact) mass is 251 g/mol. The molecule has 0 saturated carbocycles. The van der Waals surface area contributed by atoms with E-state index in [1.807, 2.05) is 6.08 Å². The van der Waals surface area contributed by atoms with Gasteiger partial charge in [-0.1, -0.05) is 28.1 Å². The quantitative estimate of drug-likeness (QED) is 0.797. The number of fused-ring (bicyclic) bond motifs is 1. The predicted molar refractivity (Wildman–Crippen MR) is 63.4 cm³/mol. The fourth-order valence-electron chi connectivity index (χ4n) is 1.99. The molecule has 0 spiro atoms. The van der Waals surface area contributed by atoms with Crippen molar-refractivity contribution in [2.75, 3.05) is 6.54 Å². The van der Waals surface area contributed by atoms with Crippen LogP contribution in [0.4, 0.5) is 0 Å². The van der Waals surface area contributed by atoms with Gasteiger partial charge in [-0.3, -0.25) is 0 Å². The van der Waals surface area contributed by atoms with Crippen molar-refractivity contribution in [3.05, 3.63) is 46.5 Å². The fourth-order valence-corrected chi connectivity index (χ4v) is 2.36. The molecule has 1 N–H and O–H groups in total. The van der Waals surface area contributed by atoms with Gasteiger partial charge in [0.1, 0.15) is 0 Å². The largest absolute Gasteiger partial charge is 0.309 e. The summed E-state index contributed by atoms with van der Waals surface area (Å²) in [6, 6.07) is 7.01. The molecule has 1 atom stereocenters. The van der Waals surface area contributed by atoms with Crippen molar-refractivity contribution in [3.63, 3.8) is 0 Å². The molecule has 0 aromatic heterocycles. The zero-order valence-electron chi connectivity index (χ0n) is 8.09. The molecule has 1 aliphatic heterocycles. The standard InChI is InChI=1S/C12H14BrN/c1-2-3-12-11-8-10(13)5-4-9(11)6-7-14-12/h2,4-5,8,12,14H,1,3,6-7H2. The molecule has 1 aliphatic rings. The van der Waals surface area contributed by atoms with Crippen molar-refractivity contribution < 1.29 is 0 Å². The van der Waals surface area contributed by atoms with E-state index in [4.69, 9.17) is 0 Å². The molecule has 2 rings (SSSR count). The predicted octanol–water partition coefficient (Wildman–Crippen LogP) is 3.21. The summed E-state index contributed by atoms with van der Waals surface area (Å²) in [7, 11) is 0. The summed E-state index contributed by atoms with van der Waals surface area (Å²) in [6.45, 7) is 4.87. The number of benzene rings is 1. The van der Waals surface area contributed by atoms with Crippen molar-refractivity contribution >= 4 is 15.9 Å². The van der Waals surface area contributed by atoms with Crippen LogP contribution >= 0.6 is 15.9 Å². The van der Waals surface area contributed by atoms with E-state index in [1.165, 1.54) is 11.1 Å². The molecule has 0 saturated heterocycles. The highest BCUT2D eigenvalue weighted by Crippen LogP contribution is 2.28. The summed E-state index contributed by atoms with van der Waals surface area (Å²) in [6.07, 6.45) is 4.12. The smallest absolute Gasteiger partial charge is 0.0358 e. The Morgan fingerprint density at radius 2 is 2.43 bits per heavy atom. The fraction of sp³-hybridized carbons (Fsp3) is 0.333. The lowest BCUT2D eigenvalue weighted by Gasteiger charge is -2.26. The molecule has 1 aromatic carbocycles. The minimum absolute atomic E-state index is 0.453. The zero-order chi connectivity index (χ0) is 9.97. The molecule has 74 valence electrons. The van der Waals surface area contributed by atoms with Crippen molar-refractivity contribution in [3.8, 4) is 0 Å². The van der Waals surface area contributed by atoms with Crippen LogP contribution in [0.25, 0.3) is 0 Å². The first-order valence-electron chi connectivity index (χ1n) is 4.94. The second-order valence-corrected chi connectivity index (χ2v) is 4.54. The maximum Gasteiger partial charge on any atom is 0.0358 e. The van der Waals surface area contributed by atoms with Crippen LogP contribution in [0.5, 0.6) is 0 Å². The van der Waals surface area contributed by atoms with Crippen molar-refractivity contribution in [1.29, 1.82) is 0 Å². The number of rotatable bonds is 2. The third-order valence-corrected chi connectivity index (χ3v) is 3.16. The minimum Gasteiger partial charge on any atom is -0.309 e. The van der Waals surface area contributed by atoms with Gasteiger partial charge in [0.15, 0.2) is 0 Å². The lowest BCUT2D eigenvalue weighted by atomic mass is 9.93. The highest BCUT2D eigenvalue weighted by molar-refractivity contribution is 9.10. The second kappa shape index (κ2) is 4.28. The van der Waals surface area contributed by atoms with Gasteiger partial charge in [-0.2, -0.15) is 0 Å². The number of hydrogen-bond donors (Lipinski definition) is 1. The summed E-state index contributed by atoms with van der Waals surface area (Å²) >= 11 is 3.52.